The number of carbonyl (C=O) groups is 1. The summed E-state index contributed by atoms with van der Waals surface area (Å²) in [6, 6.07) is 14.7. The van der Waals surface area contributed by atoms with E-state index in [0.29, 0.717) is 35.0 Å². The zero-order valence-electron chi connectivity index (χ0n) is 16.6. The van der Waals surface area contributed by atoms with Crippen LogP contribution in [0.25, 0.3) is 11.3 Å². The van der Waals surface area contributed by atoms with Crippen LogP contribution in [0.3, 0.4) is 0 Å². The molecule has 0 aliphatic heterocycles. The maximum atomic E-state index is 12.2. The van der Waals surface area contributed by atoms with Crippen LogP contribution in [0.4, 0.5) is 5.69 Å². The number of hydrogen-bond donors (Lipinski definition) is 1. The molecule has 0 bridgehead atoms. The monoisotopic (exact) mass is 407 g/mol. The Labute approximate surface area is 173 Å². The second-order valence-corrected chi connectivity index (χ2v) is 6.53. The van der Waals surface area contributed by atoms with Gasteiger partial charge in [0.15, 0.2) is 0 Å². The van der Waals surface area contributed by atoms with Crippen molar-refractivity contribution in [1.82, 2.24) is 5.43 Å². The number of ether oxygens (including phenoxy) is 1. The third-order valence-corrected chi connectivity index (χ3v) is 4.27. The highest BCUT2D eigenvalue weighted by molar-refractivity contribution is 5.94. The first-order chi connectivity index (χ1) is 14.5. The van der Waals surface area contributed by atoms with Crippen LogP contribution in [0, 0.1) is 17.0 Å². The molecule has 0 saturated heterocycles. The van der Waals surface area contributed by atoms with Gasteiger partial charge in [-0.05, 0) is 55.3 Å². The number of nitro benzene ring substituents is 1. The van der Waals surface area contributed by atoms with Gasteiger partial charge < -0.3 is 9.15 Å². The summed E-state index contributed by atoms with van der Waals surface area (Å²) < 4.78 is 11.2. The van der Waals surface area contributed by atoms with Crippen molar-refractivity contribution in [2.45, 2.75) is 20.3 Å². The fourth-order valence-electron chi connectivity index (χ4n) is 2.70. The predicted octanol–water partition coefficient (Wildman–Crippen LogP) is 4.72. The Kier molecular flexibility index (Phi) is 6.59. The van der Waals surface area contributed by atoms with Crippen LogP contribution in [0.1, 0.15) is 35.0 Å². The molecule has 30 heavy (non-hydrogen) atoms. The van der Waals surface area contributed by atoms with Gasteiger partial charge in [0.05, 0.1) is 17.7 Å². The van der Waals surface area contributed by atoms with Gasteiger partial charge in [-0.1, -0.05) is 13.0 Å². The third kappa shape index (κ3) is 5.11. The number of rotatable bonds is 8. The smallest absolute Gasteiger partial charge is 0.271 e. The summed E-state index contributed by atoms with van der Waals surface area (Å²) >= 11 is 0. The fourth-order valence-corrected chi connectivity index (χ4v) is 2.70. The Hall–Kier alpha value is -3.94. The first-order valence-corrected chi connectivity index (χ1v) is 9.39. The number of carbonyl (C=O) groups excluding carboxylic acids is 1. The molecule has 1 aromatic heterocycles. The molecule has 0 aliphatic rings. The number of hydrogen-bond acceptors (Lipinski definition) is 6. The van der Waals surface area contributed by atoms with E-state index in [-0.39, 0.29) is 11.6 Å². The molecular formula is C22H21N3O5. The van der Waals surface area contributed by atoms with Gasteiger partial charge in [-0.2, -0.15) is 5.10 Å². The van der Waals surface area contributed by atoms with Crippen molar-refractivity contribution in [1.29, 1.82) is 0 Å². The Morgan fingerprint density at radius 3 is 2.67 bits per heavy atom. The summed E-state index contributed by atoms with van der Waals surface area (Å²) in [5.74, 6) is 1.22. The molecule has 0 fully saturated rings. The van der Waals surface area contributed by atoms with Gasteiger partial charge in [-0.25, -0.2) is 5.43 Å². The highest BCUT2D eigenvalue weighted by Crippen LogP contribution is 2.28. The molecule has 0 radical (unpaired) electrons. The van der Waals surface area contributed by atoms with Gasteiger partial charge in [0.2, 0.25) is 0 Å². The largest absolute Gasteiger partial charge is 0.494 e. The summed E-state index contributed by atoms with van der Waals surface area (Å²) in [4.78, 5) is 22.7. The lowest BCUT2D eigenvalue weighted by molar-refractivity contribution is -0.384. The highest BCUT2D eigenvalue weighted by Gasteiger charge is 2.13. The summed E-state index contributed by atoms with van der Waals surface area (Å²) in [7, 11) is 0. The molecule has 1 N–H and O–H groups in total. The lowest BCUT2D eigenvalue weighted by atomic mass is 10.1. The normalized spacial score (nSPS) is 10.9. The number of amides is 1. The average molecular weight is 407 g/mol. The minimum atomic E-state index is -0.452. The molecule has 0 unspecified atom stereocenters. The van der Waals surface area contributed by atoms with Crippen molar-refractivity contribution in [2.24, 2.45) is 5.10 Å². The number of aryl methyl sites for hydroxylation is 1. The molecule has 3 aromatic rings. The van der Waals surface area contributed by atoms with Gasteiger partial charge in [-0.3, -0.25) is 14.9 Å². The number of nitrogens with zero attached hydrogens (tertiary/aromatic N) is 2. The molecule has 0 spiro atoms. The van der Waals surface area contributed by atoms with Crippen molar-refractivity contribution in [2.75, 3.05) is 6.61 Å². The molecule has 154 valence electrons. The molecule has 2 aromatic carbocycles. The SMILES string of the molecule is CCCOc1ccc(C(=O)N/N=C/c2ccc(-c3cc([N+](=O)[O-])ccc3C)o2)cc1. The van der Waals surface area contributed by atoms with E-state index in [1.165, 1.54) is 18.3 Å². The molecule has 8 nitrogen and oxygen atoms in total. The average Bonchev–Trinajstić information content (AvgIpc) is 3.21. The van der Waals surface area contributed by atoms with Crippen LogP contribution in [0.2, 0.25) is 0 Å². The first-order valence-electron chi connectivity index (χ1n) is 9.39. The Bertz CT molecular complexity index is 1070. The zero-order valence-corrected chi connectivity index (χ0v) is 16.6. The molecule has 1 heterocycles. The quantitative estimate of drug-likeness (QED) is 0.330. The minimum absolute atomic E-state index is 0.0133. The highest BCUT2D eigenvalue weighted by atomic mass is 16.6. The number of nitro groups is 1. The van der Waals surface area contributed by atoms with E-state index in [2.05, 4.69) is 10.5 Å². The molecule has 0 aliphatic carbocycles. The summed E-state index contributed by atoms with van der Waals surface area (Å²) in [6.07, 6.45) is 2.28. The van der Waals surface area contributed by atoms with Crippen LogP contribution in [0.5, 0.6) is 5.75 Å². The van der Waals surface area contributed by atoms with Crippen LogP contribution >= 0.6 is 0 Å². The second kappa shape index (κ2) is 9.51. The van der Waals surface area contributed by atoms with Crippen LogP contribution in [-0.4, -0.2) is 23.7 Å². The van der Waals surface area contributed by atoms with Gasteiger partial charge in [0.1, 0.15) is 17.3 Å². The number of benzene rings is 2. The Morgan fingerprint density at radius 1 is 1.20 bits per heavy atom. The molecule has 0 saturated carbocycles. The maximum absolute atomic E-state index is 12.2. The molecule has 8 heteroatoms. The van der Waals surface area contributed by atoms with Crippen molar-refractivity contribution >= 4 is 17.8 Å². The maximum Gasteiger partial charge on any atom is 0.271 e. The lowest BCUT2D eigenvalue weighted by Crippen LogP contribution is -2.17. The summed E-state index contributed by atoms with van der Waals surface area (Å²) in [5.41, 5.74) is 4.34. The van der Waals surface area contributed by atoms with E-state index < -0.39 is 4.92 Å². The van der Waals surface area contributed by atoms with Crippen LogP contribution < -0.4 is 10.2 Å². The van der Waals surface area contributed by atoms with E-state index >= 15 is 0 Å². The van der Waals surface area contributed by atoms with E-state index in [0.717, 1.165) is 12.0 Å². The van der Waals surface area contributed by atoms with Crippen LogP contribution in [0.15, 0.2) is 64.1 Å². The van der Waals surface area contributed by atoms with Crippen molar-refractivity contribution in [3.8, 4) is 17.1 Å². The lowest BCUT2D eigenvalue weighted by Gasteiger charge is -2.05. The molecular weight excluding hydrogens is 386 g/mol. The number of non-ortho nitro benzene ring substituents is 1. The standard InChI is InChI=1S/C22H21N3O5/c1-3-12-29-18-8-5-16(6-9-18)22(26)24-23-14-19-10-11-21(30-19)20-13-17(25(27)28)7-4-15(20)2/h4-11,13-14H,3,12H2,1-2H3,(H,24,26)/b23-14+. The molecule has 0 atom stereocenters. The van der Waals surface area contributed by atoms with Gasteiger partial charge >= 0.3 is 0 Å². The van der Waals surface area contributed by atoms with Gasteiger partial charge in [0, 0.05) is 23.3 Å². The van der Waals surface area contributed by atoms with E-state index in [9.17, 15) is 14.9 Å². The zero-order chi connectivity index (χ0) is 21.5. The second-order valence-electron chi connectivity index (χ2n) is 6.53. The van der Waals surface area contributed by atoms with Crippen molar-refractivity contribution < 1.29 is 18.9 Å². The van der Waals surface area contributed by atoms with Gasteiger partial charge in [0.25, 0.3) is 11.6 Å². The Morgan fingerprint density at radius 2 is 1.97 bits per heavy atom. The van der Waals surface area contributed by atoms with E-state index in [1.54, 1.807) is 42.5 Å². The minimum Gasteiger partial charge on any atom is -0.494 e. The Balaban J connectivity index is 1.64. The van der Waals surface area contributed by atoms with Crippen molar-refractivity contribution in [3.05, 3.63) is 81.6 Å². The molecule has 1 amide bonds. The third-order valence-electron chi connectivity index (χ3n) is 4.27. The van der Waals surface area contributed by atoms with Crippen molar-refractivity contribution in [3.63, 3.8) is 0 Å². The number of furan rings is 1. The van der Waals surface area contributed by atoms with E-state index in [4.69, 9.17) is 9.15 Å². The topological polar surface area (TPSA) is 107 Å². The first kappa shape index (κ1) is 20.8. The molecule has 3 rings (SSSR count). The van der Waals surface area contributed by atoms with E-state index in [1.807, 2.05) is 13.8 Å². The van der Waals surface area contributed by atoms with Crippen LogP contribution in [-0.2, 0) is 0 Å². The fraction of sp³-hybridized carbons (Fsp3) is 0.182. The van der Waals surface area contributed by atoms with Gasteiger partial charge in [-0.15, -0.1) is 0 Å². The predicted molar refractivity (Wildman–Crippen MR) is 113 cm³/mol. The number of nitrogens with one attached hydrogen (secondary N) is 1. The summed E-state index contributed by atoms with van der Waals surface area (Å²) in [5, 5.41) is 14.9. The summed E-state index contributed by atoms with van der Waals surface area (Å²) in [6.45, 7) is 4.48. The number of hydrazone groups is 1.